The molecule has 5 rings (SSSR count). The van der Waals surface area contributed by atoms with Crippen LogP contribution in [0.15, 0.2) is 94.7 Å². The third-order valence-electron chi connectivity index (χ3n) is 8.40. The van der Waals surface area contributed by atoms with Crippen molar-refractivity contribution in [1.29, 1.82) is 0 Å². The van der Waals surface area contributed by atoms with Gasteiger partial charge in [-0.1, -0.05) is 36.4 Å². The number of ether oxygens (including phenoxy) is 1. The molecule has 4 aromatic carbocycles. The standard InChI is InChI=1S/C34H38N2O10S3/c1-3-36(25-7-6-8-27(21-25)48(41,42)20-17-38)26-12-14-29-32(23-26)46-31-22-24(35(2)15-18-47(39,40)19-16-37)11-13-28(31)34(29)30-9-4-5-10-33(30)49(43,44)45/h4-14,21-23,34,37-38H,3,15-20H2,1-2H3,(H,43,44,45). The van der Waals surface area contributed by atoms with E-state index in [1.165, 1.54) is 24.3 Å². The number of sulfone groups is 2. The van der Waals surface area contributed by atoms with Crippen LogP contribution in [-0.4, -0.2) is 90.6 Å². The molecule has 0 aliphatic carbocycles. The summed E-state index contributed by atoms with van der Waals surface area (Å²) >= 11 is 0. The lowest BCUT2D eigenvalue weighted by atomic mass is 9.82. The van der Waals surface area contributed by atoms with Crippen molar-refractivity contribution in [3.05, 3.63) is 102 Å². The van der Waals surface area contributed by atoms with E-state index in [1.807, 2.05) is 17.9 Å². The highest BCUT2D eigenvalue weighted by atomic mass is 32.2. The Labute approximate surface area is 286 Å². The zero-order chi connectivity index (χ0) is 35.6. The van der Waals surface area contributed by atoms with Crippen LogP contribution < -0.4 is 14.5 Å². The molecule has 1 atom stereocenters. The topological polar surface area (TPSA) is 179 Å². The van der Waals surface area contributed by atoms with E-state index in [0.29, 0.717) is 51.8 Å². The van der Waals surface area contributed by atoms with Crippen molar-refractivity contribution in [2.24, 2.45) is 0 Å². The molecule has 0 aromatic heterocycles. The minimum absolute atomic E-state index is 0.0725. The van der Waals surface area contributed by atoms with Gasteiger partial charge in [0.2, 0.25) is 0 Å². The summed E-state index contributed by atoms with van der Waals surface area (Å²) in [6.45, 7) is 1.53. The van der Waals surface area contributed by atoms with Crippen molar-refractivity contribution in [2.75, 3.05) is 60.4 Å². The van der Waals surface area contributed by atoms with Gasteiger partial charge in [-0.25, -0.2) is 16.8 Å². The second kappa shape index (κ2) is 14.5. The van der Waals surface area contributed by atoms with Gasteiger partial charge >= 0.3 is 0 Å². The van der Waals surface area contributed by atoms with E-state index in [2.05, 4.69) is 0 Å². The van der Waals surface area contributed by atoms with Crippen LogP contribution in [0.1, 0.15) is 29.5 Å². The van der Waals surface area contributed by atoms with Crippen molar-refractivity contribution >= 4 is 46.9 Å². The Morgan fingerprint density at radius 3 is 1.94 bits per heavy atom. The van der Waals surface area contributed by atoms with Crippen molar-refractivity contribution < 1.29 is 44.8 Å². The van der Waals surface area contributed by atoms with Crippen LogP contribution in [-0.2, 0) is 29.8 Å². The number of benzene rings is 4. The lowest BCUT2D eigenvalue weighted by molar-refractivity contribution is 0.319. The van der Waals surface area contributed by atoms with Crippen molar-refractivity contribution in [3.8, 4) is 11.5 Å². The fourth-order valence-corrected chi connectivity index (χ4v) is 8.75. The molecular formula is C34H38N2O10S3. The normalized spacial score (nSPS) is 14.4. The molecule has 0 saturated carbocycles. The van der Waals surface area contributed by atoms with E-state index >= 15 is 0 Å². The number of aliphatic hydroxyl groups is 2. The molecular weight excluding hydrogens is 693 g/mol. The van der Waals surface area contributed by atoms with Gasteiger partial charge in [0.25, 0.3) is 10.1 Å². The Morgan fingerprint density at radius 1 is 0.694 bits per heavy atom. The lowest BCUT2D eigenvalue weighted by Gasteiger charge is -2.32. The molecule has 1 aliphatic heterocycles. The molecule has 0 spiro atoms. The molecule has 4 aromatic rings. The first-order valence-electron chi connectivity index (χ1n) is 15.4. The quantitative estimate of drug-likeness (QED) is 0.140. The molecule has 0 radical (unpaired) electrons. The van der Waals surface area contributed by atoms with Crippen LogP contribution in [0.4, 0.5) is 17.1 Å². The highest BCUT2D eigenvalue weighted by Crippen LogP contribution is 2.50. The van der Waals surface area contributed by atoms with Gasteiger partial charge in [-0.3, -0.25) is 4.55 Å². The monoisotopic (exact) mass is 730 g/mol. The van der Waals surface area contributed by atoms with Crippen molar-refractivity contribution in [3.63, 3.8) is 0 Å². The second-order valence-corrected chi connectivity index (χ2v) is 17.4. The van der Waals surface area contributed by atoms with Crippen LogP contribution in [0.3, 0.4) is 0 Å². The molecule has 3 N–H and O–H groups in total. The van der Waals surface area contributed by atoms with Gasteiger partial charge < -0.3 is 24.7 Å². The van der Waals surface area contributed by atoms with Crippen molar-refractivity contribution in [2.45, 2.75) is 22.6 Å². The first-order valence-corrected chi connectivity index (χ1v) is 20.4. The van der Waals surface area contributed by atoms with Crippen LogP contribution in [0.2, 0.25) is 0 Å². The number of fused-ring (bicyclic) bond motifs is 2. The second-order valence-electron chi connectivity index (χ2n) is 11.6. The molecule has 1 aliphatic rings. The summed E-state index contributed by atoms with van der Waals surface area (Å²) in [5, 5.41) is 18.3. The zero-order valence-corrected chi connectivity index (χ0v) is 29.4. The van der Waals surface area contributed by atoms with Gasteiger partial charge in [-0.05, 0) is 48.9 Å². The van der Waals surface area contributed by atoms with Crippen LogP contribution in [0.5, 0.6) is 11.5 Å². The number of anilines is 3. The van der Waals surface area contributed by atoms with Gasteiger partial charge in [-0.2, -0.15) is 8.42 Å². The number of nitrogens with zero attached hydrogens (tertiary/aromatic N) is 2. The van der Waals surface area contributed by atoms with E-state index < -0.39 is 54.7 Å². The minimum Gasteiger partial charge on any atom is -0.457 e. The summed E-state index contributed by atoms with van der Waals surface area (Å²) < 4.78 is 91.6. The maximum atomic E-state index is 12.7. The number of hydrogen-bond donors (Lipinski definition) is 3. The van der Waals surface area contributed by atoms with Gasteiger partial charge in [0.05, 0.1) is 40.3 Å². The first-order chi connectivity index (χ1) is 23.2. The molecule has 0 fully saturated rings. The third kappa shape index (κ3) is 7.92. The minimum atomic E-state index is -4.61. The summed E-state index contributed by atoms with van der Waals surface area (Å²) in [6, 6.07) is 23.3. The Hall–Kier alpha value is -3.99. The first kappa shape index (κ1) is 36.3. The summed E-state index contributed by atoms with van der Waals surface area (Å²) in [6.07, 6.45) is 0. The van der Waals surface area contributed by atoms with E-state index in [1.54, 1.807) is 66.5 Å². The predicted octanol–water partition coefficient (Wildman–Crippen LogP) is 3.99. The summed E-state index contributed by atoms with van der Waals surface area (Å²) in [4.78, 5) is 3.44. The maximum absolute atomic E-state index is 12.7. The molecule has 1 heterocycles. The maximum Gasteiger partial charge on any atom is 0.294 e. The molecule has 0 bridgehead atoms. The van der Waals surface area contributed by atoms with Crippen molar-refractivity contribution in [1.82, 2.24) is 0 Å². The highest BCUT2D eigenvalue weighted by Gasteiger charge is 2.33. The van der Waals surface area contributed by atoms with Crippen LogP contribution in [0.25, 0.3) is 0 Å². The molecule has 0 saturated heterocycles. The summed E-state index contributed by atoms with van der Waals surface area (Å²) in [5.74, 6) is -0.808. The molecule has 262 valence electrons. The average molecular weight is 731 g/mol. The Balaban J connectivity index is 1.61. The Bertz CT molecular complexity index is 2170. The smallest absolute Gasteiger partial charge is 0.294 e. The fourth-order valence-electron chi connectivity index (χ4n) is 5.92. The largest absolute Gasteiger partial charge is 0.457 e. The van der Waals surface area contributed by atoms with Gasteiger partial charge in [0.15, 0.2) is 19.7 Å². The predicted molar refractivity (Wildman–Crippen MR) is 187 cm³/mol. The summed E-state index contributed by atoms with van der Waals surface area (Å²) in [7, 11) is -10.1. The summed E-state index contributed by atoms with van der Waals surface area (Å²) in [5.41, 5.74) is 3.45. The SMILES string of the molecule is CCN(c1cccc(S(=O)(=O)CCO)c1)c1ccc2c(c1)Oc1cc(N(C)CCS(=O)(=O)CCO)ccc1C2c1ccccc1S(=O)(=O)O. The molecule has 15 heteroatoms. The lowest BCUT2D eigenvalue weighted by Crippen LogP contribution is -2.27. The molecule has 0 amide bonds. The third-order valence-corrected chi connectivity index (χ3v) is 12.6. The van der Waals surface area contributed by atoms with E-state index in [0.717, 1.165) is 0 Å². The number of hydrogen-bond acceptors (Lipinski definition) is 11. The molecule has 12 nitrogen and oxygen atoms in total. The van der Waals surface area contributed by atoms with Gasteiger partial charge in [-0.15, -0.1) is 0 Å². The Kier molecular flexibility index (Phi) is 10.7. The van der Waals surface area contributed by atoms with E-state index in [4.69, 9.17) is 9.84 Å². The molecule has 49 heavy (non-hydrogen) atoms. The van der Waals surface area contributed by atoms with Crippen LogP contribution in [0, 0.1) is 0 Å². The van der Waals surface area contributed by atoms with E-state index in [9.17, 15) is 34.9 Å². The van der Waals surface area contributed by atoms with E-state index in [-0.39, 0.29) is 27.8 Å². The Morgan fingerprint density at radius 2 is 1.31 bits per heavy atom. The highest BCUT2D eigenvalue weighted by molar-refractivity contribution is 7.91. The van der Waals surface area contributed by atoms with Gasteiger partial charge in [0.1, 0.15) is 11.5 Å². The zero-order valence-electron chi connectivity index (χ0n) is 26.9. The fraction of sp³-hybridized carbons (Fsp3) is 0.294. The van der Waals surface area contributed by atoms with Gasteiger partial charge in [0, 0.05) is 66.4 Å². The number of rotatable bonds is 14. The average Bonchev–Trinajstić information content (AvgIpc) is 3.06. The molecule has 1 unspecified atom stereocenters. The van der Waals surface area contributed by atoms with Crippen LogP contribution >= 0.6 is 0 Å². The number of aliphatic hydroxyl groups excluding tert-OH is 2.